The lowest BCUT2D eigenvalue weighted by Gasteiger charge is -2.16. The van der Waals surface area contributed by atoms with E-state index in [0.29, 0.717) is 21.9 Å². The first-order chi connectivity index (χ1) is 13.1. The van der Waals surface area contributed by atoms with Crippen LogP contribution in [-0.2, 0) is 13.0 Å². The normalized spacial score (nSPS) is 11.9. The summed E-state index contributed by atoms with van der Waals surface area (Å²) in [5.74, 6) is -2.95. The lowest BCUT2D eigenvalue weighted by atomic mass is 10.0. The number of hydrogen-bond donors (Lipinski definition) is 2. The van der Waals surface area contributed by atoms with E-state index in [0.717, 1.165) is 18.6 Å². The van der Waals surface area contributed by atoms with Crippen molar-refractivity contribution in [2.45, 2.75) is 32.6 Å². The number of amides is 2. The van der Waals surface area contributed by atoms with Crippen molar-refractivity contribution in [2.24, 2.45) is 7.05 Å². The van der Waals surface area contributed by atoms with E-state index in [2.05, 4.69) is 25.7 Å². The van der Waals surface area contributed by atoms with Gasteiger partial charge in [0.1, 0.15) is 16.7 Å². The molecule has 0 aliphatic carbocycles. The van der Waals surface area contributed by atoms with Crippen molar-refractivity contribution in [2.75, 3.05) is 10.6 Å². The SMILES string of the molecule is CC(C)c1c(NC(=O)Nc2cc(C(C)(F)F)nn2C)cnc2ccc(Cl)nc12. The minimum Gasteiger partial charge on any atom is -0.306 e. The van der Waals surface area contributed by atoms with E-state index < -0.39 is 17.6 Å². The summed E-state index contributed by atoms with van der Waals surface area (Å²) in [6.45, 7) is 4.65. The van der Waals surface area contributed by atoms with Crippen LogP contribution in [-0.4, -0.2) is 25.8 Å². The first-order valence-electron chi connectivity index (χ1n) is 8.51. The molecule has 3 heterocycles. The summed E-state index contributed by atoms with van der Waals surface area (Å²) >= 11 is 6.01. The molecule has 7 nitrogen and oxygen atoms in total. The van der Waals surface area contributed by atoms with Crippen molar-refractivity contribution in [3.8, 4) is 0 Å². The van der Waals surface area contributed by atoms with E-state index in [1.807, 2.05) is 13.8 Å². The van der Waals surface area contributed by atoms with Gasteiger partial charge in [0.05, 0.1) is 22.9 Å². The van der Waals surface area contributed by atoms with Gasteiger partial charge in [0.15, 0.2) is 0 Å². The molecule has 0 spiro atoms. The largest absolute Gasteiger partial charge is 0.324 e. The number of pyridine rings is 2. The van der Waals surface area contributed by atoms with Crippen molar-refractivity contribution in [3.63, 3.8) is 0 Å². The Labute approximate surface area is 165 Å². The number of urea groups is 1. The zero-order valence-electron chi connectivity index (χ0n) is 15.7. The fraction of sp³-hybridized carbons (Fsp3) is 0.333. The van der Waals surface area contributed by atoms with Crippen LogP contribution in [0.4, 0.5) is 25.1 Å². The van der Waals surface area contributed by atoms with Crippen LogP contribution in [0.15, 0.2) is 24.4 Å². The second-order valence-corrected chi connectivity index (χ2v) is 7.14. The summed E-state index contributed by atoms with van der Waals surface area (Å²) in [7, 11) is 1.47. The van der Waals surface area contributed by atoms with E-state index in [9.17, 15) is 13.6 Å². The summed E-state index contributed by atoms with van der Waals surface area (Å²) in [5, 5.41) is 9.27. The van der Waals surface area contributed by atoms with Gasteiger partial charge in [0, 0.05) is 25.6 Å². The van der Waals surface area contributed by atoms with Crippen LogP contribution in [0.5, 0.6) is 0 Å². The van der Waals surface area contributed by atoms with Gasteiger partial charge in [-0.15, -0.1) is 0 Å². The van der Waals surface area contributed by atoms with Crippen LogP contribution < -0.4 is 10.6 Å². The van der Waals surface area contributed by atoms with E-state index in [1.54, 1.807) is 12.1 Å². The third kappa shape index (κ3) is 4.04. The molecule has 0 aliphatic rings. The molecule has 0 unspecified atom stereocenters. The summed E-state index contributed by atoms with van der Waals surface area (Å²) in [6.07, 6.45) is 1.53. The Bertz CT molecular complexity index is 1040. The summed E-state index contributed by atoms with van der Waals surface area (Å²) < 4.78 is 28.0. The molecule has 0 saturated heterocycles. The molecule has 0 aliphatic heterocycles. The number of nitrogens with zero attached hydrogens (tertiary/aromatic N) is 4. The maximum absolute atomic E-state index is 13.4. The molecular weight excluding hydrogens is 390 g/mol. The maximum Gasteiger partial charge on any atom is 0.324 e. The number of nitrogens with one attached hydrogen (secondary N) is 2. The van der Waals surface area contributed by atoms with Gasteiger partial charge in [-0.1, -0.05) is 25.4 Å². The monoisotopic (exact) mass is 408 g/mol. The zero-order chi connectivity index (χ0) is 20.6. The van der Waals surface area contributed by atoms with Crippen molar-refractivity contribution < 1.29 is 13.6 Å². The number of alkyl halides is 2. The molecule has 0 aromatic carbocycles. The third-order valence-electron chi connectivity index (χ3n) is 4.11. The molecule has 3 rings (SSSR count). The van der Waals surface area contributed by atoms with Gasteiger partial charge in [0.2, 0.25) is 0 Å². The highest BCUT2D eigenvalue weighted by molar-refractivity contribution is 6.29. The molecule has 148 valence electrons. The second kappa shape index (κ2) is 7.31. The molecule has 0 radical (unpaired) electrons. The number of halogens is 3. The van der Waals surface area contributed by atoms with Crippen molar-refractivity contribution in [1.29, 1.82) is 0 Å². The molecule has 2 N–H and O–H groups in total. The van der Waals surface area contributed by atoms with Crippen LogP contribution in [0.2, 0.25) is 5.15 Å². The Hall–Kier alpha value is -2.81. The molecule has 0 saturated carbocycles. The molecule has 28 heavy (non-hydrogen) atoms. The average molecular weight is 409 g/mol. The fourth-order valence-electron chi connectivity index (χ4n) is 2.81. The van der Waals surface area contributed by atoms with E-state index in [4.69, 9.17) is 11.6 Å². The van der Waals surface area contributed by atoms with Crippen LogP contribution in [0.1, 0.15) is 37.9 Å². The number of anilines is 2. The first-order valence-corrected chi connectivity index (χ1v) is 8.89. The predicted octanol–water partition coefficient (Wildman–Crippen LogP) is 4.90. The number of carbonyl (C=O) groups excluding carboxylic acids is 1. The molecular formula is C18H19ClF2N6O. The Morgan fingerprint density at radius 1 is 1.29 bits per heavy atom. The van der Waals surface area contributed by atoms with E-state index >= 15 is 0 Å². The van der Waals surface area contributed by atoms with Crippen molar-refractivity contribution >= 4 is 40.2 Å². The molecule has 2 amide bonds. The zero-order valence-corrected chi connectivity index (χ0v) is 16.5. The van der Waals surface area contributed by atoms with Gasteiger partial charge in [-0.3, -0.25) is 15.0 Å². The topological polar surface area (TPSA) is 84.7 Å². The Morgan fingerprint density at radius 3 is 2.61 bits per heavy atom. The minimum absolute atomic E-state index is 0.0221. The molecule has 0 fully saturated rings. The molecule has 0 atom stereocenters. The van der Waals surface area contributed by atoms with Gasteiger partial charge >= 0.3 is 6.03 Å². The van der Waals surface area contributed by atoms with Gasteiger partial charge < -0.3 is 5.32 Å². The number of rotatable bonds is 4. The summed E-state index contributed by atoms with van der Waals surface area (Å²) in [5.41, 5.74) is 2.04. The smallest absolute Gasteiger partial charge is 0.306 e. The van der Waals surface area contributed by atoms with Crippen LogP contribution in [0, 0.1) is 0 Å². The number of aryl methyl sites for hydroxylation is 1. The fourth-order valence-corrected chi connectivity index (χ4v) is 2.96. The molecule has 0 bridgehead atoms. The Morgan fingerprint density at radius 2 is 2.00 bits per heavy atom. The average Bonchev–Trinajstić information content (AvgIpc) is 2.95. The highest BCUT2D eigenvalue weighted by Crippen LogP contribution is 2.31. The minimum atomic E-state index is -3.10. The highest BCUT2D eigenvalue weighted by Gasteiger charge is 2.29. The number of aromatic nitrogens is 4. The van der Waals surface area contributed by atoms with Gasteiger partial charge in [-0.05, 0) is 18.1 Å². The second-order valence-electron chi connectivity index (χ2n) is 6.75. The van der Waals surface area contributed by atoms with Crippen LogP contribution in [0.3, 0.4) is 0 Å². The van der Waals surface area contributed by atoms with Gasteiger partial charge in [0.25, 0.3) is 5.92 Å². The summed E-state index contributed by atoms with van der Waals surface area (Å²) in [4.78, 5) is 21.1. The molecule has 10 heteroatoms. The number of fused-ring (bicyclic) bond motifs is 1. The van der Waals surface area contributed by atoms with Gasteiger partial charge in [-0.25, -0.2) is 9.78 Å². The van der Waals surface area contributed by atoms with Crippen molar-refractivity contribution in [3.05, 3.63) is 40.8 Å². The lowest BCUT2D eigenvalue weighted by molar-refractivity contribution is 0.0122. The summed E-state index contributed by atoms with van der Waals surface area (Å²) in [6, 6.07) is 3.91. The maximum atomic E-state index is 13.4. The third-order valence-corrected chi connectivity index (χ3v) is 4.33. The van der Waals surface area contributed by atoms with Gasteiger partial charge in [-0.2, -0.15) is 13.9 Å². The molecule has 3 aromatic rings. The number of carbonyl (C=O) groups is 1. The number of hydrogen-bond acceptors (Lipinski definition) is 4. The van der Waals surface area contributed by atoms with Crippen LogP contribution >= 0.6 is 11.6 Å². The lowest BCUT2D eigenvalue weighted by Crippen LogP contribution is -2.22. The highest BCUT2D eigenvalue weighted by atomic mass is 35.5. The van der Waals surface area contributed by atoms with E-state index in [1.165, 1.54) is 17.9 Å². The van der Waals surface area contributed by atoms with E-state index in [-0.39, 0.29) is 11.7 Å². The van der Waals surface area contributed by atoms with Crippen LogP contribution in [0.25, 0.3) is 11.0 Å². The Kier molecular flexibility index (Phi) is 5.20. The quantitative estimate of drug-likeness (QED) is 0.601. The first kappa shape index (κ1) is 19.9. The van der Waals surface area contributed by atoms with Crippen molar-refractivity contribution in [1.82, 2.24) is 19.7 Å². The standard InChI is InChI=1S/C18H19ClF2N6O/c1-9(2)15-11(8-22-10-5-6-13(19)24-16(10)15)23-17(28)25-14-7-12(18(3,20)21)26-27(14)4/h5-9H,1-4H3,(H2,23,25,28). The Balaban J connectivity index is 1.89. The molecule has 3 aromatic heterocycles. The predicted molar refractivity (Wildman–Crippen MR) is 104 cm³/mol.